The van der Waals surface area contributed by atoms with Crippen LogP contribution in [0.25, 0.3) is 10.4 Å². The van der Waals surface area contributed by atoms with Gasteiger partial charge in [-0.2, -0.15) is 0 Å². The lowest BCUT2D eigenvalue weighted by Gasteiger charge is -2.51. The molecule has 0 aromatic carbocycles. The van der Waals surface area contributed by atoms with Crippen LogP contribution in [0.1, 0.15) is 60.3 Å². The van der Waals surface area contributed by atoms with Crippen molar-refractivity contribution >= 4 is 0 Å². The van der Waals surface area contributed by atoms with Crippen LogP contribution in [0.4, 0.5) is 0 Å². The van der Waals surface area contributed by atoms with Crippen molar-refractivity contribution in [1.82, 2.24) is 0 Å². The van der Waals surface area contributed by atoms with Gasteiger partial charge in [0.15, 0.2) is 0 Å². The molecule has 0 N–H and O–H groups in total. The zero-order valence-corrected chi connectivity index (χ0v) is 11.4. The molecule has 3 heteroatoms. The highest BCUT2D eigenvalue weighted by Gasteiger charge is 2.44. The van der Waals surface area contributed by atoms with Gasteiger partial charge in [0.1, 0.15) is 0 Å². The van der Waals surface area contributed by atoms with E-state index in [1.807, 2.05) is 0 Å². The molecule has 0 aliphatic heterocycles. The minimum atomic E-state index is 0.333. The van der Waals surface area contributed by atoms with Gasteiger partial charge in [0.25, 0.3) is 0 Å². The van der Waals surface area contributed by atoms with E-state index in [1.54, 1.807) is 0 Å². The predicted octanol–water partition coefficient (Wildman–Crippen LogP) is 4.93. The first-order chi connectivity index (χ1) is 7.18. The number of rotatable bonds is 3. The van der Waals surface area contributed by atoms with Gasteiger partial charge in [-0.15, -0.1) is 0 Å². The van der Waals surface area contributed by atoms with E-state index in [-0.39, 0.29) is 0 Å². The van der Waals surface area contributed by atoms with E-state index in [2.05, 4.69) is 44.6 Å². The molecule has 0 spiro atoms. The molecule has 1 fully saturated rings. The van der Waals surface area contributed by atoms with Gasteiger partial charge in [-0.25, -0.2) is 0 Å². The summed E-state index contributed by atoms with van der Waals surface area (Å²) in [4.78, 5) is 2.85. The van der Waals surface area contributed by atoms with Crippen molar-refractivity contribution in [2.75, 3.05) is 6.54 Å². The summed E-state index contributed by atoms with van der Waals surface area (Å²) in [5.41, 5.74) is 9.50. The third-order valence-electron chi connectivity index (χ3n) is 3.65. The molecule has 1 saturated carbocycles. The second kappa shape index (κ2) is 4.29. The van der Waals surface area contributed by atoms with Crippen molar-refractivity contribution in [2.24, 2.45) is 21.4 Å². The Labute approximate surface area is 99.2 Å². The maximum Gasteiger partial charge on any atom is 0.0263 e. The molecule has 0 saturated heterocycles. The molecule has 0 heterocycles. The Balaban J connectivity index is 2.75. The second-order valence-electron chi connectivity index (χ2n) is 7.37. The van der Waals surface area contributed by atoms with Crippen molar-refractivity contribution in [3.8, 4) is 0 Å². The first-order valence-electron chi connectivity index (χ1n) is 6.19. The summed E-state index contributed by atoms with van der Waals surface area (Å²) in [7, 11) is 0. The molecular formula is C13H25N3. The topological polar surface area (TPSA) is 48.8 Å². The van der Waals surface area contributed by atoms with E-state index in [0.29, 0.717) is 22.8 Å². The maximum atomic E-state index is 8.34. The summed E-state index contributed by atoms with van der Waals surface area (Å²) in [5.74, 6) is 0. The van der Waals surface area contributed by atoms with E-state index >= 15 is 0 Å². The Kier molecular flexibility index (Phi) is 3.59. The number of hydrogen-bond acceptors (Lipinski definition) is 1. The molecule has 0 bridgehead atoms. The fraction of sp³-hybridized carbons (Fsp3) is 1.00. The SMILES string of the molecule is CC1(C)CC(C)(C)CC(C)(CCN=[N+]=[N-])C1. The quantitative estimate of drug-likeness (QED) is 0.370. The van der Waals surface area contributed by atoms with Crippen molar-refractivity contribution in [3.63, 3.8) is 0 Å². The largest absolute Gasteiger partial charge is 0.0940 e. The van der Waals surface area contributed by atoms with Gasteiger partial charge >= 0.3 is 0 Å². The molecule has 0 atom stereocenters. The molecule has 92 valence electrons. The molecule has 0 radical (unpaired) electrons. The number of hydrogen-bond donors (Lipinski definition) is 0. The molecule has 0 unspecified atom stereocenters. The molecule has 1 rings (SSSR count). The molecule has 16 heavy (non-hydrogen) atoms. The summed E-state index contributed by atoms with van der Waals surface area (Å²) in [6.45, 7) is 12.4. The summed E-state index contributed by atoms with van der Waals surface area (Å²) >= 11 is 0. The fourth-order valence-corrected chi connectivity index (χ4v) is 4.34. The van der Waals surface area contributed by atoms with Crippen LogP contribution in [0, 0.1) is 16.2 Å². The zero-order valence-electron chi connectivity index (χ0n) is 11.4. The van der Waals surface area contributed by atoms with E-state index < -0.39 is 0 Å². The van der Waals surface area contributed by atoms with Crippen molar-refractivity contribution in [1.29, 1.82) is 0 Å². The smallest absolute Gasteiger partial charge is 0.0263 e. The van der Waals surface area contributed by atoms with E-state index in [0.717, 1.165) is 6.42 Å². The van der Waals surface area contributed by atoms with Crippen molar-refractivity contribution < 1.29 is 0 Å². The molecule has 0 amide bonds. The lowest BCUT2D eigenvalue weighted by molar-refractivity contribution is 0.00534. The van der Waals surface area contributed by atoms with Gasteiger partial charge in [0.2, 0.25) is 0 Å². The van der Waals surface area contributed by atoms with Gasteiger partial charge in [-0.1, -0.05) is 39.7 Å². The van der Waals surface area contributed by atoms with Crippen LogP contribution in [0.5, 0.6) is 0 Å². The van der Waals surface area contributed by atoms with Gasteiger partial charge in [0, 0.05) is 11.5 Å². The Bertz CT molecular complexity index is 282. The minimum Gasteiger partial charge on any atom is -0.0940 e. The van der Waals surface area contributed by atoms with E-state index in [1.165, 1.54) is 19.3 Å². The molecule has 1 aliphatic carbocycles. The third-order valence-corrected chi connectivity index (χ3v) is 3.65. The molecule has 3 nitrogen and oxygen atoms in total. The van der Waals surface area contributed by atoms with Crippen LogP contribution in [0.15, 0.2) is 5.11 Å². The number of nitrogens with zero attached hydrogens (tertiary/aromatic N) is 3. The van der Waals surface area contributed by atoms with Crippen LogP contribution in [-0.4, -0.2) is 6.54 Å². The predicted molar refractivity (Wildman–Crippen MR) is 68.2 cm³/mol. The monoisotopic (exact) mass is 223 g/mol. The molecule has 1 aliphatic rings. The fourth-order valence-electron chi connectivity index (χ4n) is 4.34. The molecular weight excluding hydrogens is 198 g/mol. The van der Waals surface area contributed by atoms with Crippen LogP contribution in [0.2, 0.25) is 0 Å². The van der Waals surface area contributed by atoms with Gasteiger partial charge < -0.3 is 0 Å². The van der Waals surface area contributed by atoms with Crippen molar-refractivity contribution in [3.05, 3.63) is 10.4 Å². The highest BCUT2D eigenvalue weighted by Crippen LogP contribution is 2.55. The Morgan fingerprint density at radius 2 is 1.50 bits per heavy atom. The summed E-state index contributed by atoms with van der Waals surface area (Å²) in [6, 6.07) is 0. The third kappa shape index (κ3) is 3.71. The van der Waals surface area contributed by atoms with Gasteiger partial charge in [-0.05, 0) is 47.5 Å². The van der Waals surface area contributed by atoms with E-state index in [9.17, 15) is 0 Å². The Hall–Kier alpha value is -0.690. The standard InChI is InChI=1S/C13H25N3/c1-11(2)8-12(3,4)10-13(5,9-11)6-7-15-16-14/h6-10H2,1-5H3. The zero-order chi connectivity index (χ0) is 12.4. The number of azide groups is 1. The lowest BCUT2D eigenvalue weighted by Crippen LogP contribution is -2.40. The summed E-state index contributed by atoms with van der Waals surface area (Å²) in [5, 5.41) is 3.69. The Morgan fingerprint density at radius 1 is 1.00 bits per heavy atom. The average molecular weight is 223 g/mol. The van der Waals surface area contributed by atoms with Gasteiger partial charge in [0.05, 0.1) is 0 Å². The normalized spacial score (nSPS) is 25.8. The first kappa shape index (κ1) is 13.4. The van der Waals surface area contributed by atoms with Crippen LogP contribution >= 0.6 is 0 Å². The van der Waals surface area contributed by atoms with Gasteiger partial charge in [-0.3, -0.25) is 0 Å². The average Bonchev–Trinajstić information content (AvgIpc) is 1.96. The van der Waals surface area contributed by atoms with Crippen LogP contribution in [-0.2, 0) is 0 Å². The highest BCUT2D eigenvalue weighted by atomic mass is 15.1. The molecule has 0 aromatic heterocycles. The lowest BCUT2D eigenvalue weighted by atomic mass is 9.55. The van der Waals surface area contributed by atoms with E-state index in [4.69, 9.17) is 5.53 Å². The van der Waals surface area contributed by atoms with Crippen molar-refractivity contribution in [2.45, 2.75) is 60.3 Å². The minimum absolute atomic E-state index is 0.333. The first-order valence-corrected chi connectivity index (χ1v) is 6.19. The maximum absolute atomic E-state index is 8.34. The second-order valence-corrected chi connectivity index (χ2v) is 7.37. The Morgan fingerprint density at radius 3 is 1.94 bits per heavy atom. The summed E-state index contributed by atoms with van der Waals surface area (Å²) < 4.78 is 0. The van der Waals surface area contributed by atoms with Crippen LogP contribution in [0.3, 0.4) is 0 Å². The highest BCUT2D eigenvalue weighted by molar-refractivity contribution is 4.95. The molecule has 0 aromatic rings. The van der Waals surface area contributed by atoms with Crippen LogP contribution < -0.4 is 0 Å². The summed E-state index contributed by atoms with van der Waals surface area (Å²) in [6.07, 6.45) is 4.79.